The molecule has 2 fully saturated rings. The largest absolute Gasteiger partial charge is 0.481 e. The van der Waals surface area contributed by atoms with E-state index in [9.17, 15) is 4.79 Å². The fourth-order valence-electron chi connectivity index (χ4n) is 3.20. The van der Waals surface area contributed by atoms with Gasteiger partial charge in [-0.2, -0.15) is 0 Å². The molecule has 2 heterocycles. The van der Waals surface area contributed by atoms with Crippen molar-refractivity contribution in [3.8, 4) is 0 Å². The van der Waals surface area contributed by atoms with Gasteiger partial charge in [0.1, 0.15) is 0 Å². The van der Waals surface area contributed by atoms with Crippen LogP contribution in [0, 0.1) is 5.92 Å². The number of aliphatic carboxylic acids is 1. The smallest absolute Gasteiger partial charge is 0.306 e. The molecule has 2 saturated heterocycles. The third-order valence-electron chi connectivity index (χ3n) is 4.48. The van der Waals surface area contributed by atoms with E-state index in [1.165, 1.54) is 0 Å². The average Bonchev–Trinajstić information content (AvgIpc) is 2.97. The number of carboxylic acid groups (broad SMARTS) is 1. The second-order valence-electron chi connectivity index (χ2n) is 5.76. The number of likely N-dealkylation sites (tertiary alicyclic amines) is 1. The number of halogens is 1. The monoisotopic (exact) mass is 309 g/mol. The van der Waals surface area contributed by atoms with Gasteiger partial charge >= 0.3 is 5.97 Å². The van der Waals surface area contributed by atoms with Crippen LogP contribution in [0.2, 0.25) is 5.02 Å². The minimum Gasteiger partial charge on any atom is -0.481 e. The molecule has 114 valence electrons. The Balaban J connectivity index is 1.58. The SMILES string of the molecule is O=C(O)C1CCN(C2CC(c3ccccc3Cl)NN2)CC1. The van der Waals surface area contributed by atoms with Crippen molar-refractivity contribution >= 4 is 17.6 Å². The number of nitrogens with zero attached hydrogens (tertiary/aromatic N) is 1. The molecule has 0 aromatic heterocycles. The number of hydrogen-bond donors (Lipinski definition) is 3. The van der Waals surface area contributed by atoms with Crippen molar-refractivity contribution in [2.24, 2.45) is 5.92 Å². The molecule has 2 atom stereocenters. The number of rotatable bonds is 3. The van der Waals surface area contributed by atoms with Crippen LogP contribution in [-0.2, 0) is 4.79 Å². The summed E-state index contributed by atoms with van der Waals surface area (Å²) in [7, 11) is 0. The van der Waals surface area contributed by atoms with Crippen molar-refractivity contribution < 1.29 is 9.90 Å². The number of hydrogen-bond acceptors (Lipinski definition) is 4. The van der Waals surface area contributed by atoms with Gasteiger partial charge in [-0.3, -0.25) is 9.69 Å². The minimum absolute atomic E-state index is 0.185. The van der Waals surface area contributed by atoms with Gasteiger partial charge in [-0.05, 0) is 30.9 Å². The Hall–Kier alpha value is -1.14. The van der Waals surface area contributed by atoms with Crippen molar-refractivity contribution in [1.82, 2.24) is 15.8 Å². The molecule has 6 heteroatoms. The molecular weight excluding hydrogens is 290 g/mol. The average molecular weight is 310 g/mol. The van der Waals surface area contributed by atoms with Crippen LogP contribution in [0.25, 0.3) is 0 Å². The second-order valence-corrected chi connectivity index (χ2v) is 6.17. The van der Waals surface area contributed by atoms with E-state index in [-0.39, 0.29) is 18.1 Å². The van der Waals surface area contributed by atoms with E-state index >= 15 is 0 Å². The Bertz CT molecular complexity index is 517. The minimum atomic E-state index is -0.666. The highest BCUT2D eigenvalue weighted by Gasteiger charge is 2.33. The lowest BCUT2D eigenvalue weighted by molar-refractivity contribution is -0.143. The van der Waals surface area contributed by atoms with Crippen LogP contribution in [0.15, 0.2) is 24.3 Å². The molecule has 0 saturated carbocycles. The molecule has 21 heavy (non-hydrogen) atoms. The van der Waals surface area contributed by atoms with E-state index in [0.717, 1.165) is 42.9 Å². The topological polar surface area (TPSA) is 64.6 Å². The Morgan fingerprint density at radius 2 is 1.95 bits per heavy atom. The standard InChI is InChI=1S/C15H20ClN3O2/c16-12-4-2-1-3-11(12)13-9-14(18-17-13)19-7-5-10(6-8-19)15(20)21/h1-4,10,13-14,17-18H,5-9H2,(H,20,21). The van der Waals surface area contributed by atoms with Crippen molar-refractivity contribution in [2.75, 3.05) is 13.1 Å². The predicted octanol–water partition coefficient (Wildman–Crippen LogP) is 2.00. The highest BCUT2D eigenvalue weighted by Crippen LogP contribution is 2.30. The Morgan fingerprint density at radius 1 is 1.24 bits per heavy atom. The van der Waals surface area contributed by atoms with E-state index in [2.05, 4.69) is 15.8 Å². The zero-order valence-electron chi connectivity index (χ0n) is 11.8. The molecule has 0 radical (unpaired) electrons. The first-order valence-electron chi connectivity index (χ1n) is 7.37. The first-order valence-corrected chi connectivity index (χ1v) is 7.75. The number of nitrogens with one attached hydrogen (secondary N) is 2. The lowest BCUT2D eigenvalue weighted by atomic mass is 9.96. The maximum Gasteiger partial charge on any atom is 0.306 e. The third kappa shape index (κ3) is 3.21. The number of carbonyl (C=O) groups is 1. The van der Waals surface area contributed by atoms with Crippen LogP contribution in [0.3, 0.4) is 0 Å². The summed E-state index contributed by atoms with van der Waals surface area (Å²) < 4.78 is 0. The van der Waals surface area contributed by atoms with Gasteiger partial charge in [0.15, 0.2) is 0 Å². The molecule has 3 rings (SSSR count). The van der Waals surface area contributed by atoms with Gasteiger partial charge < -0.3 is 5.11 Å². The second kappa shape index (κ2) is 6.32. The quantitative estimate of drug-likeness (QED) is 0.797. The molecule has 0 aliphatic carbocycles. The molecule has 0 spiro atoms. The molecule has 3 N–H and O–H groups in total. The molecular formula is C15H20ClN3O2. The summed E-state index contributed by atoms with van der Waals surface area (Å²) in [5.74, 6) is -0.851. The summed E-state index contributed by atoms with van der Waals surface area (Å²) in [5, 5.41) is 9.83. The summed E-state index contributed by atoms with van der Waals surface area (Å²) >= 11 is 6.25. The Kier molecular flexibility index (Phi) is 4.45. The van der Waals surface area contributed by atoms with Crippen molar-refractivity contribution in [1.29, 1.82) is 0 Å². The normalized spacial score (nSPS) is 27.9. The third-order valence-corrected chi connectivity index (χ3v) is 4.83. The number of carboxylic acids is 1. The molecule has 5 nitrogen and oxygen atoms in total. The van der Waals surface area contributed by atoms with Crippen molar-refractivity contribution in [2.45, 2.75) is 31.5 Å². The van der Waals surface area contributed by atoms with E-state index in [1.54, 1.807) is 0 Å². The van der Waals surface area contributed by atoms with Crippen LogP contribution in [0.5, 0.6) is 0 Å². The molecule has 2 unspecified atom stereocenters. The van der Waals surface area contributed by atoms with Gasteiger partial charge in [0.2, 0.25) is 0 Å². The lowest BCUT2D eigenvalue weighted by Gasteiger charge is -2.34. The summed E-state index contributed by atoms with van der Waals surface area (Å²) in [6, 6.07) is 8.07. The van der Waals surface area contributed by atoms with E-state index in [0.29, 0.717) is 0 Å². The molecule has 2 aliphatic rings. The zero-order chi connectivity index (χ0) is 14.8. The zero-order valence-corrected chi connectivity index (χ0v) is 12.5. The van der Waals surface area contributed by atoms with Gasteiger partial charge in [0.25, 0.3) is 0 Å². The van der Waals surface area contributed by atoms with E-state index < -0.39 is 5.97 Å². The molecule has 2 aliphatic heterocycles. The highest BCUT2D eigenvalue weighted by molar-refractivity contribution is 6.31. The number of hydrazine groups is 1. The van der Waals surface area contributed by atoms with Crippen LogP contribution >= 0.6 is 11.6 Å². The molecule has 1 aromatic rings. The van der Waals surface area contributed by atoms with Gasteiger partial charge in [-0.1, -0.05) is 29.8 Å². The summed E-state index contributed by atoms with van der Waals surface area (Å²) in [6.45, 7) is 1.65. The predicted molar refractivity (Wildman–Crippen MR) is 80.8 cm³/mol. The fourth-order valence-corrected chi connectivity index (χ4v) is 3.47. The summed E-state index contributed by atoms with van der Waals surface area (Å²) in [4.78, 5) is 13.3. The van der Waals surface area contributed by atoms with Crippen LogP contribution in [0.4, 0.5) is 0 Å². The fraction of sp³-hybridized carbons (Fsp3) is 0.533. The first kappa shape index (κ1) is 14.8. The molecule has 1 aromatic carbocycles. The molecule has 0 bridgehead atoms. The summed E-state index contributed by atoms with van der Waals surface area (Å²) in [5.41, 5.74) is 7.72. The van der Waals surface area contributed by atoms with E-state index in [4.69, 9.17) is 16.7 Å². The van der Waals surface area contributed by atoms with Crippen molar-refractivity contribution in [3.05, 3.63) is 34.9 Å². The van der Waals surface area contributed by atoms with Crippen LogP contribution in [-0.4, -0.2) is 35.2 Å². The van der Waals surface area contributed by atoms with Gasteiger partial charge in [-0.25, -0.2) is 10.9 Å². The van der Waals surface area contributed by atoms with Crippen LogP contribution < -0.4 is 10.9 Å². The van der Waals surface area contributed by atoms with E-state index in [1.807, 2.05) is 24.3 Å². The Morgan fingerprint density at radius 3 is 2.62 bits per heavy atom. The van der Waals surface area contributed by atoms with Gasteiger partial charge in [0.05, 0.1) is 18.1 Å². The lowest BCUT2D eigenvalue weighted by Crippen LogP contribution is -2.48. The van der Waals surface area contributed by atoms with Gasteiger partial charge in [0, 0.05) is 18.1 Å². The maximum absolute atomic E-state index is 11.0. The van der Waals surface area contributed by atoms with Crippen molar-refractivity contribution in [3.63, 3.8) is 0 Å². The first-order chi connectivity index (χ1) is 10.1. The highest BCUT2D eigenvalue weighted by atomic mass is 35.5. The van der Waals surface area contributed by atoms with Crippen LogP contribution in [0.1, 0.15) is 30.9 Å². The van der Waals surface area contributed by atoms with Gasteiger partial charge in [-0.15, -0.1) is 0 Å². The molecule has 0 amide bonds. The summed E-state index contributed by atoms with van der Waals surface area (Å²) in [6.07, 6.45) is 2.62. The number of benzene rings is 1. The number of piperidine rings is 1. The Labute approximate surface area is 129 Å². The maximum atomic E-state index is 11.0.